The van der Waals surface area contributed by atoms with E-state index in [1.807, 2.05) is 24.3 Å². The molecular formula is C18H18BrNO4. The second-order valence-corrected chi connectivity index (χ2v) is 7.03. The first-order valence-corrected chi connectivity index (χ1v) is 8.59. The Balaban J connectivity index is 1.72. The third-order valence-corrected chi connectivity index (χ3v) is 5.19. The number of carbonyl (C=O) groups is 2. The minimum Gasteiger partial charge on any atom is -0.478 e. The maximum Gasteiger partial charge on any atom is 0.339 e. The molecule has 1 fully saturated rings. The Morgan fingerprint density at radius 2 is 1.96 bits per heavy atom. The normalized spacial score (nSPS) is 15.6. The molecule has 0 bridgehead atoms. The number of rotatable bonds is 5. The second kappa shape index (κ2) is 6.43. The fourth-order valence-electron chi connectivity index (χ4n) is 3.13. The smallest absolute Gasteiger partial charge is 0.339 e. The monoisotopic (exact) mass is 391 g/mol. The SMILES string of the molecule is Cc1oc(CNC(=O)C2(c3ccc(Br)cc3)CCC2)cc1C(=O)O. The number of halogens is 1. The van der Waals surface area contributed by atoms with Gasteiger partial charge in [-0.1, -0.05) is 34.5 Å². The summed E-state index contributed by atoms with van der Waals surface area (Å²) in [5.41, 5.74) is 0.652. The molecule has 3 rings (SSSR count). The van der Waals surface area contributed by atoms with E-state index >= 15 is 0 Å². The van der Waals surface area contributed by atoms with Gasteiger partial charge < -0.3 is 14.8 Å². The molecular weight excluding hydrogens is 374 g/mol. The topological polar surface area (TPSA) is 79.5 Å². The summed E-state index contributed by atoms with van der Waals surface area (Å²) in [6.45, 7) is 1.79. The molecule has 5 nitrogen and oxygen atoms in total. The maximum absolute atomic E-state index is 12.8. The number of hydrogen-bond donors (Lipinski definition) is 2. The summed E-state index contributed by atoms with van der Waals surface area (Å²) in [6, 6.07) is 9.30. The molecule has 24 heavy (non-hydrogen) atoms. The number of aromatic carboxylic acids is 1. The van der Waals surface area contributed by atoms with Crippen molar-refractivity contribution in [1.82, 2.24) is 5.32 Å². The van der Waals surface area contributed by atoms with Crippen molar-refractivity contribution >= 4 is 27.8 Å². The standard InChI is InChI=1S/C18H18BrNO4/c1-11-15(16(21)22)9-14(24-11)10-20-17(23)18(7-2-8-18)12-3-5-13(19)6-4-12/h3-6,9H,2,7-8,10H2,1H3,(H,20,23)(H,21,22). The van der Waals surface area contributed by atoms with E-state index in [1.165, 1.54) is 6.07 Å². The van der Waals surface area contributed by atoms with Gasteiger partial charge in [-0.3, -0.25) is 4.79 Å². The van der Waals surface area contributed by atoms with E-state index in [0.717, 1.165) is 29.3 Å². The van der Waals surface area contributed by atoms with Crippen LogP contribution in [0.25, 0.3) is 0 Å². The van der Waals surface area contributed by atoms with Gasteiger partial charge in [-0.2, -0.15) is 0 Å². The number of benzene rings is 1. The zero-order valence-corrected chi connectivity index (χ0v) is 14.9. The Kier molecular flexibility index (Phi) is 4.49. The van der Waals surface area contributed by atoms with E-state index < -0.39 is 11.4 Å². The van der Waals surface area contributed by atoms with E-state index in [1.54, 1.807) is 6.92 Å². The second-order valence-electron chi connectivity index (χ2n) is 6.11. The lowest BCUT2D eigenvalue weighted by atomic mass is 9.64. The highest BCUT2D eigenvalue weighted by atomic mass is 79.9. The number of carboxylic acids is 1. The van der Waals surface area contributed by atoms with E-state index in [0.29, 0.717) is 11.5 Å². The summed E-state index contributed by atoms with van der Waals surface area (Å²) in [5.74, 6) is -0.275. The molecule has 1 aromatic carbocycles. The van der Waals surface area contributed by atoms with Crippen LogP contribution in [0.15, 0.2) is 39.2 Å². The molecule has 126 valence electrons. The molecule has 0 saturated heterocycles. The van der Waals surface area contributed by atoms with Crippen LogP contribution in [0.4, 0.5) is 0 Å². The number of nitrogens with one attached hydrogen (secondary N) is 1. The van der Waals surface area contributed by atoms with Crippen LogP contribution >= 0.6 is 15.9 Å². The van der Waals surface area contributed by atoms with Crippen LogP contribution in [-0.4, -0.2) is 17.0 Å². The van der Waals surface area contributed by atoms with E-state index in [-0.39, 0.29) is 18.0 Å². The van der Waals surface area contributed by atoms with E-state index in [9.17, 15) is 9.59 Å². The van der Waals surface area contributed by atoms with Crippen molar-refractivity contribution in [1.29, 1.82) is 0 Å². The van der Waals surface area contributed by atoms with Crippen molar-refractivity contribution < 1.29 is 19.1 Å². The number of amides is 1. The van der Waals surface area contributed by atoms with Crippen molar-refractivity contribution in [3.05, 3.63) is 57.5 Å². The number of carbonyl (C=O) groups excluding carboxylic acids is 1. The van der Waals surface area contributed by atoms with Crippen molar-refractivity contribution in [3.63, 3.8) is 0 Å². The summed E-state index contributed by atoms with van der Waals surface area (Å²) < 4.78 is 6.39. The van der Waals surface area contributed by atoms with Crippen LogP contribution in [0.1, 0.15) is 46.7 Å². The van der Waals surface area contributed by atoms with Gasteiger partial charge in [0.05, 0.1) is 12.0 Å². The summed E-state index contributed by atoms with van der Waals surface area (Å²) in [6.07, 6.45) is 2.66. The van der Waals surface area contributed by atoms with Gasteiger partial charge in [0.2, 0.25) is 5.91 Å². The molecule has 1 amide bonds. The number of furan rings is 1. The van der Waals surface area contributed by atoms with Crippen LogP contribution in [0.2, 0.25) is 0 Å². The quantitative estimate of drug-likeness (QED) is 0.812. The predicted octanol–water partition coefficient (Wildman–Crippen LogP) is 3.79. The predicted molar refractivity (Wildman–Crippen MR) is 91.9 cm³/mol. The minimum absolute atomic E-state index is 0.0398. The minimum atomic E-state index is -1.03. The zero-order chi connectivity index (χ0) is 17.3. The van der Waals surface area contributed by atoms with Gasteiger partial charge >= 0.3 is 5.97 Å². The summed E-state index contributed by atoms with van der Waals surface area (Å²) in [7, 11) is 0. The zero-order valence-electron chi connectivity index (χ0n) is 13.3. The molecule has 1 heterocycles. The molecule has 2 aromatic rings. The lowest BCUT2D eigenvalue weighted by Crippen LogP contribution is -2.48. The average Bonchev–Trinajstić information content (AvgIpc) is 2.87. The molecule has 0 unspecified atom stereocenters. The Bertz CT molecular complexity index is 775. The highest BCUT2D eigenvalue weighted by Gasteiger charge is 2.45. The summed E-state index contributed by atoms with van der Waals surface area (Å²) in [4.78, 5) is 23.8. The molecule has 1 saturated carbocycles. The molecule has 1 aliphatic rings. The summed E-state index contributed by atoms with van der Waals surface area (Å²) in [5, 5.41) is 11.9. The third kappa shape index (κ3) is 2.98. The van der Waals surface area contributed by atoms with Gasteiger partial charge in [0.25, 0.3) is 0 Å². The van der Waals surface area contributed by atoms with Crippen LogP contribution in [0.5, 0.6) is 0 Å². The van der Waals surface area contributed by atoms with Crippen LogP contribution in [0, 0.1) is 6.92 Å². The first-order valence-electron chi connectivity index (χ1n) is 7.79. The third-order valence-electron chi connectivity index (χ3n) is 4.66. The summed E-state index contributed by atoms with van der Waals surface area (Å²) >= 11 is 3.41. The van der Waals surface area contributed by atoms with Crippen LogP contribution < -0.4 is 5.32 Å². The maximum atomic E-state index is 12.8. The lowest BCUT2D eigenvalue weighted by Gasteiger charge is -2.40. The van der Waals surface area contributed by atoms with Gasteiger partial charge in [0.1, 0.15) is 17.1 Å². The van der Waals surface area contributed by atoms with E-state index in [2.05, 4.69) is 21.2 Å². The Labute approximate surface area is 148 Å². The molecule has 0 aliphatic heterocycles. The molecule has 1 aliphatic carbocycles. The van der Waals surface area contributed by atoms with Gasteiger partial charge in [-0.05, 0) is 43.5 Å². The van der Waals surface area contributed by atoms with Gasteiger partial charge in [-0.25, -0.2) is 4.79 Å². The van der Waals surface area contributed by atoms with Crippen LogP contribution in [-0.2, 0) is 16.8 Å². The fraction of sp³-hybridized carbons (Fsp3) is 0.333. The van der Waals surface area contributed by atoms with Gasteiger partial charge in [-0.15, -0.1) is 0 Å². The average molecular weight is 392 g/mol. The molecule has 0 radical (unpaired) electrons. The highest BCUT2D eigenvalue weighted by Crippen LogP contribution is 2.44. The fourth-order valence-corrected chi connectivity index (χ4v) is 3.39. The highest BCUT2D eigenvalue weighted by molar-refractivity contribution is 9.10. The Morgan fingerprint density at radius 1 is 1.29 bits per heavy atom. The van der Waals surface area contributed by atoms with E-state index in [4.69, 9.17) is 9.52 Å². The lowest BCUT2D eigenvalue weighted by molar-refractivity contribution is -0.130. The molecule has 1 aromatic heterocycles. The van der Waals surface area contributed by atoms with Crippen LogP contribution in [0.3, 0.4) is 0 Å². The van der Waals surface area contributed by atoms with Gasteiger partial charge in [0.15, 0.2) is 0 Å². The van der Waals surface area contributed by atoms with Crippen molar-refractivity contribution in [3.8, 4) is 0 Å². The molecule has 0 atom stereocenters. The number of carboxylic acid groups (broad SMARTS) is 1. The molecule has 2 N–H and O–H groups in total. The van der Waals surface area contributed by atoms with Crippen molar-refractivity contribution in [2.75, 3.05) is 0 Å². The van der Waals surface area contributed by atoms with Crippen molar-refractivity contribution in [2.24, 2.45) is 0 Å². The van der Waals surface area contributed by atoms with Crippen molar-refractivity contribution in [2.45, 2.75) is 38.1 Å². The number of aryl methyl sites for hydroxylation is 1. The first-order chi connectivity index (χ1) is 11.4. The van der Waals surface area contributed by atoms with Gasteiger partial charge in [0, 0.05) is 4.47 Å². The largest absolute Gasteiger partial charge is 0.478 e. The molecule has 6 heteroatoms. The Hall–Kier alpha value is -2.08. The first kappa shape index (κ1) is 16.8. The molecule has 0 spiro atoms. The Morgan fingerprint density at radius 3 is 2.46 bits per heavy atom. The number of hydrogen-bond acceptors (Lipinski definition) is 3.